The van der Waals surface area contributed by atoms with Crippen LogP contribution in [0.2, 0.25) is 5.02 Å². The number of hydrogen-bond donors (Lipinski definition) is 0. The van der Waals surface area contributed by atoms with Crippen molar-refractivity contribution in [2.75, 3.05) is 7.11 Å². The lowest BCUT2D eigenvalue weighted by Gasteiger charge is -2.05. The third kappa shape index (κ3) is 3.32. The van der Waals surface area contributed by atoms with E-state index in [0.29, 0.717) is 33.8 Å². The van der Waals surface area contributed by atoms with Gasteiger partial charge in [0, 0.05) is 5.56 Å². The lowest BCUT2D eigenvalue weighted by Crippen LogP contribution is -2.01. The number of aryl methyl sites for hydroxylation is 1. The van der Waals surface area contributed by atoms with Crippen LogP contribution in [0.4, 0.5) is 0 Å². The summed E-state index contributed by atoms with van der Waals surface area (Å²) in [5.74, 6) is 1.68. The standard InChI is InChI=1S/C20H16ClN3O4/c1-12-17(11-27-14-9-7-13(8-10-14)19(25)26-2)28-20-22-18(23-24(12)20)15-5-3-4-6-16(15)21/h3-10H,11H2,1-2H3. The van der Waals surface area contributed by atoms with Crippen molar-refractivity contribution in [1.29, 1.82) is 0 Å². The highest BCUT2D eigenvalue weighted by Crippen LogP contribution is 2.27. The van der Waals surface area contributed by atoms with E-state index in [2.05, 4.69) is 14.8 Å². The third-order valence-electron chi connectivity index (χ3n) is 4.27. The molecule has 0 saturated heterocycles. The summed E-state index contributed by atoms with van der Waals surface area (Å²) < 4.78 is 17.8. The third-order valence-corrected chi connectivity index (χ3v) is 4.60. The van der Waals surface area contributed by atoms with Crippen molar-refractivity contribution >= 4 is 23.4 Å². The van der Waals surface area contributed by atoms with E-state index in [1.54, 1.807) is 34.8 Å². The minimum atomic E-state index is -0.393. The fraction of sp³-hybridized carbons (Fsp3) is 0.150. The molecular formula is C20H16ClN3O4. The number of hydrogen-bond acceptors (Lipinski definition) is 6. The number of aromatic nitrogens is 3. The number of oxazole rings is 1. The van der Waals surface area contributed by atoms with Gasteiger partial charge in [-0.05, 0) is 43.3 Å². The van der Waals surface area contributed by atoms with E-state index in [1.807, 2.05) is 25.1 Å². The number of nitrogens with zero attached hydrogens (tertiary/aromatic N) is 3. The van der Waals surface area contributed by atoms with Crippen molar-refractivity contribution in [3.05, 3.63) is 70.6 Å². The van der Waals surface area contributed by atoms with Gasteiger partial charge in [-0.2, -0.15) is 9.50 Å². The Morgan fingerprint density at radius 1 is 1.18 bits per heavy atom. The summed E-state index contributed by atoms with van der Waals surface area (Å²) in [4.78, 5) is 15.9. The molecule has 0 unspecified atom stereocenters. The summed E-state index contributed by atoms with van der Waals surface area (Å²) in [7, 11) is 1.34. The molecule has 2 aromatic heterocycles. The highest BCUT2D eigenvalue weighted by molar-refractivity contribution is 6.33. The van der Waals surface area contributed by atoms with Crippen molar-refractivity contribution in [2.45, 2.75) is 13.5 Å². The Balaban J connectivity index is 1.52. The average Bonchev–Trinajstić information content (AvgIpc) is 3.26. The van der Waals surface area contributed by atoms with Gasteiger partial charge in [0.1, 0.15) is 12.4 Å². The van der Waals surface area contributed by atoms with Crippen LogP contribution in [0.15, 0.2) is 52.9 Å². The number of carbonyl (C=O) groups is 1. The first-order valence-electron chi connectivity index (χ1n) is 8.48. The monoisotopic (exact) mass is 397 g/mol. The highest BCUT2D eigenvalue weighted by Gasteiger charge is 2.17. The average molecular weight is 398 g/mol. The van der Waals surface area contributed by atoms with E-state index < -0.39 is 5.97 Å². The fourth-order valence-electron chi connectivity index (χ4n) is 2.73. The molecule has 0 amide bonds. The number of ether oxygens (including phenoxy) is 2. The second-order valence-corrected chi connectivity index (χ2v) is 6.43. The van der Waals surface area contributed by atoms with Gasteiger partial charge in [-0.3, -0.25) is 0 Å². The van der Waals surface area contributed by atoms with Crippen LogP contribution in [0, 0.1) is 6.92 Å². The molecule has 8 heteroatoms. The molecule has 142 valence electrons. The predicted molar refractivity (Wildman–Crippen MR) is 103 cm³/mol. The molecule has 0 atom stereocenters. The van der Waals surface area contributed by atoms with E-state index >= 15 is 0 Å². The summed E-state index contributed by atoms with van der Waals surface area (Å²) >= 11 is 6.21. The summed E-state index contributed by atoms with van der Waals surface area (Å²) in [5.41, 5.74) is 1.98. The molecule has 7 nitrogen and oxygen atoms in total. The van der Waals surface area contributed by atoms with Crippen LogP contribution in [0.5, 0.6) is 5.75 Å². The maximum Gasteiger partial charge on any atom is 0.337 e. The van der Waals surface area contributed by atoms with Crippen molar-refractivity contribution in [3.8, 4) is 17.1 Å². The molecule has 0 aliphatic heterocycles. The number of esters is 1. The van der Waals surface area contributed by atoms with Crippen LogP contribution in [0.3, 0.4) is 0 Å². The van der Waals surface area contributed by atoms with Crippen LogP contribution in [-0.2, 0) is 11.3 Å². The van der Waals surface area contributed by atoms with Gasteiger partial charge >= 0.3 is 11.8 Å². The first kappa shape index (κ1) is 18.1. The van der Waals surface area contributed by atoms with Crippen LogP contribution >= 0.6 is 11.6 Å². The summed E-state index contributed by atoms with van der Waals surface area (Å²) in [6.07, 6.45) is 0. The topological polar surface area (TPSA) is 78.9 Å². The first-order valence-corrected chi connectivity index (χ1v) is 8.85. The lowest BCUT2D eigenvalue weighted by molar-refractivity contribution is 0.0600. The molecule has 0 N–H and O–H groups in total. The summed E-state index contributed by atoms with van der Waals surface area (Å²) in [5, 5.41) is 5.06. The highest BCUT2D eigenvalue weighted by atomic mass is 35.5. The lowest BCUT2D eigenvalue weighted by atomic mass is 10.2. The number of benzene rings is 2. The maximum absolute atomic E-state index is 11.5. The van der Waals surface area contributed by atoms with Crippen LogP contribution in [-0.4, -0.2) is 27.7 Å². The van der Waals surface area contributed by atoms with E-state index in [0.717, 1.165) is 11.3 Å². The van der Waals surface area contributed by atoms with Gasteiger partial charge in [0.2, 0.25) is 0 Å². The second kappa shape index (κ2) is 7.36. The number of methoxy groups -OCH3 is 1. The Bertz CT molecular complexity index is 1150. The van der Waals surface area contributed by atoms with Gasteiger partial charge in [0.15, 0.2) is 11.6 Å². The maximum atomic E-state index is 11.5. The molecule has 0 spiro atoms. The molecule has 0 fully saturated rings. The predicted octanol–water partition coefficient (Wildman–Crippen LogP) is 4.32. The Kier molecular flexibility index (Phi) is 4.75. The van der Waals surface area contributed by atoms with Gasteiger partial charge in [0.05, 0.1) is 23.4 Å². The molecule has 2 aromatic carbocycles. The minimum absolute atomic E-state index is 0.204. The molecule has 0 aliphatic rings. The quantitative estimate of drug-likeness (QED) is 0.467. The van der Waals surface area contributed by atoms with Crippen molar-refractivity contribution in [2.24, 2.45) is 0 Å². The Hall–Kier alpha value is -3.32. The largest absolute Gasteiger partial charge is 0.486 e. The van der Waals surface area contributed by atoms with Crippen LogP contribution < -0.4 is 4.74 Å². The molecule has 4 rings (SSSR count). The summed E-state index contributed by atoms with van der Waals surface area (Å²) in [6, 6.07) is 14.0. The molecule has 0 aliphatic carbocycles. The Morgan fingerprint density at radius 3 is 2.61 bits per heavy atom. The molecule has 4 aromatic rings. The van der Waals surface area contributed by atoms with Crippen LogP contribution in [0.1, 0.15) is 21.8 Å². The normalized spacial score (nSPS) is 11.0. The molecular weight excluding hydrogens is 382 g/mol. The van der Waals surface area contributed by atoms with Crippen molar-refractivity contribution in [3.63, 3.8) is 0 Å². The number of fused-ring (bicyclic) bond motifs is 1. The van der Waals surface area contributed by atoms with Crippen molar-refractivity contribution < 1.29 is 18.7 Å². The zero-order valence-corrected chi connectivity index (χ0v) is 15.9. The second-order valence-electron chi connectivity index (χ2n) is 6.02. The number of rotatable bonds is 5. The van der Waals surface area contributed by atoms with E-state index in [-0.39, 0.29) is 6.61 Å². The molecule has 28 heavy (non-hydrogen) atoms. The van der Waals surface area contributed by atoms with Gasteiger partial charge in [-0.25, -0.2) is 4.79 Å². The Morgan fingerprint density at radius 2 is 1.93 bits per heavy atom. The zero-order valence-electron chi connectivity index (χ0n) is 15.2. The smallest absolute Gasteiger partial charge is 0.337 e. The van der Waals surface area contributed by atoms with Gasteiger partial charge in [0.25, 0.3) is 0 Å². The fourth-order valence-corrected chi connectivity index (χ4v) is 2.95. The van der Waals surface area contributed by atoms with Crippen LogP contribution in [0.25, 0.3) is 17.2 Å². The molecule has 2 heterocycles. The zero-order chi connectivity index (χ0) is 19.7. The number of carbonyl (C=O) groups excluding carboxylic acids is 1. The first-order chi connectivity index (χ1) is 13.6. The van der Waals surface area contributed by atoms with Crippen molar-refractivity contribution in [1.82, 2.24) is 14.6 Å². The minimum Gasteiger partial charge on any atom is -0.486 e. The van der Waals surface area contributed by atoms with Gasteiger partial charge in [-0.1, -0.05) is 23.7 Å². The van der Waals surface area contributed by atoms with E-state index in [1.165, 1.54) is 7.11 Å². The van der Waals surface area contributed by atoms with E-state index in [9.17, 15) is 4.79 Å². The Labute approximate surface area is 165 Å². The molecule has 0 radical (unpaired) electrons. The molecule has 0 saturated carbocycles. The molecule has 0 bridgehead atoms. The van der Waals surface area contributed by atoms with Gasteiger partial charge in [-0.15, -0.1) is 5.10 Å². The summed E-state index contributed by atoms with van der Waals surface area (Å²) in [6.45, 7) is 2.08. The van der Waals surface area contributed by atoms with E-state index in [4.69, 9.17) is 20.8 Å². The van der Waals surface area contributed by atoms with Gasteiger partial charge < -0.3 is 13.9 Å². The number of halogens is 1. The SMILES string of the molecule is COC(=O)c1ccc(OCc2oc3nc(-c4ccccc4Cl)nn3c2C)cc1.